The molecule has 2 heterocycles. The highest BCUT2D eigenvalue weighted by molar-refractivity contribution is 7.87. The molecule has 1 unspecified atom stereocenters. The molecule has 1 aromatic rings. The van der Waals surface area contributed by atoms with Gasteiger partial charge in [-0.05, 0) is 56.8 Å². The van der Waals surface area contributed by atoms with Crippen LogP contribution in [0.5, 0.6) is 5.75 Å². The van der Waals surface area contributed by atoms with Crippen molar-refractivity contribution in [1.29, 1.82) is 0 Å². The average Bonchev–Trinajstić information content (AvgIpc) is 3.33. The number of likely N-dealkylation sites (N-methyl/N-ethyl adjacent to an activating group) is 1. The molecule has 2 saturated heterocycles. The summed E-state index contributed by atoms with van der Waals surface area (Å²) in [6.45, 7) is 6.40. The molecule has 0 N–H and O–H groups in total. The molecule has 35 heavy (non-hydrogen) atoms. The number of halogens is 3. The Balaban J connectivity index is 0.00000432. The van der Waals surface area contributed by atoms with E-state index >= 15 is 0 Å². The highest BCUT2D eigenvalue weighted by atomic mass is 35.5. The van der Waals surface area contributed by atoms with Crippen LogP contribution in [0, 0.1) is 5.92 Å². The second kappa shape index (κ2) is 12.8. The van der Waals surface area contributed by atoms with Crippen LogP contribution in [0.3, 0.4) is 0 Å². The van der Waals surface area contributed by atoms with E-state index in [1.807, 2.05) is 13.8 Å². The lowest BCUT2D eigenvalue weighted by molar-refractivity contribution is -0.130. The minimum atomic E-state index is -4.09. The van der Waals surface area contributed by atoms with E-state index in [-0.39, 0.29) is 33.8 Å². The Morgan fingerprint density at radius 3 is 2.49 bits per heavy atom. The molecule has 0 spiro atoms. The lowest BCUT2D eigenvalue weighted by atomic mass is 10.0. The largest absolute Gasteiger partial charge is 0.491 e. The van der Waals surface area contributed by atoms with Crippen molar-refractivity contribution < 1.29 is 27.5 Å². The van der Waals surface area contributed by atoms with E-state index in [9.17, 15) is 18.0 Å². The number of benzene rings is 1. The fourth-order valence-corrected chi connectivity index (χ4v) is 5.93. The minimum absolute atomic E-state index is 0. The first-order valence-electron chi connectivity index (χ1n) is 11.3. The summed E-state index contributed by atoms with van der Waals surface area (Å²) >= 11 is 12.5. The van der Waals surface area contributed by atoms with Crippen molar-refractivity contribution in [3.8, 4) is 5.75 Å². The molecular weight excluding hydrogens is 541 g/mol. The van der Waals surface area contributed by atoms with Crippen LogP contribution in [0.2, 0.25) is 10.0 Å². The van der Waals surface area contributed by atoms with Crippen molar-refractivity contribution in [3.63, 3.8) is 0 Å². The van der Waals surface area contributed by atoms with Crippen LogP contribution in [0.1, 0.15) is 49.9 Å². The molecule has 198 valence electrons. The van der Waals surface area contributed by atoms with E-state index in [4.69, 9.17) is 32.7 Å². The Bertz CT molecular complexity index is 1020. The number of likely N-dealkylation sites (tertiary alicyclic amines) is 1. The van der Waals surface area contributed by atoms with E-state index in [2.05, 4.69) is 4.90 Å². The topological polar surface area (TPSA) is 96.5 Å². The SMILES string of the molecule is CC(C)CCC1C(=O)N(COC(=O)c2c(Cl)ccc(OCCN3CCCC3)c2Cl)S(=O)(=O)N1C.Cl. The summed E-state index contributed by atoms with van der Waals surface area (Å²) < 4.78 is 37.9. The highest BCUT2D eigenvalue weighted by Gasteiger charge is 2.48. The molecule has 0 bridgehead atoms. The third-order valence-corrected chi connectivity index (χ3v) is 8.58. The van der Waals surface area contributed by atoms with Gasteiger partial charge in [-0.25, -0.2) is 4.79 Å². The van der Waals surface area contributed by atoms with Crippen LogP contribution < -0.4 is 4.74 Å². The molecule has 2 aliphatic heterocycles. The van der Waals surface area contributed by atoms with Gasteiger partial charge in [0.2, 0.25) is 0 Å². The van der Waals surface area contributed by atoms with Gasteiger partial charge in [0.1, 0.15) is 24.0 Å². The average molecular weight is 573 g/mol. The number of ether oxygens (including phenoxy) is 2. The van der Waals surface area contributed by atoms with Crippen LogP contribution in [0.15, 0.2) is 12.1 Å². The van der Waals surface area contributed by atoms with Gasteiger partial charge in [0, 0.05) is 13.6 Å². The maximum Gasteiger partial charge on any atom is 0.343 e. The molecule has 0 aromatic heterocycles. The van der Waals surface area contributed by atoms with Gasteiger partial charge in [-0.15, -0.1) is 12.4 Å². The second-order valence-corrected chi connectivity index (χ2v) is 11.6. The first kappa shape index (κ1) is 29.9. The molecule has 0 saturated carbocycles. The molecule has 13 heteroatoms. The smallest absolute Gasteiger partial charge is 0.343 e. The van der Waals surface area contributed by atoms with E-state index in [1.54, 1.807) is 6.07 Å². The van der Waals surface area contributed by atoms with Gasteiger partial charge in [0.25, 0.3) is 5.91 Å². The number of hydrogen-bond donors (Lipinski definition) is 0. The van der Waals surface area contributed by atoms with E-state index < -0.39 is 34.9 Å². The fraction of sp³-hybridized carbons (Fsp3) is 0.636. The van der Waals surface area contributed by atoms with Gasteiger partial charge < -0.3 is 9.47 Å². The lowest BCUT2D eigenvalue weighted by Gasteiger charge is -2.18. The monoisotopic (exact) mass is 571 g/mol. The first-order valence-corrected chi connectivity index (χ1v) is 13.5. The minimum Gasteiger partial charge on any atom is -0.491 e. The molecule has 0 radical (unpaired) electrons. The number of hydrogen-bond acceptors (Lipinski definition) is 7. The molecule has 0 aliphatic carbocycles. The summed E-state index contributed by atoms with van der Waals surface area (Å²) in [4.78, 5) is 27.8. The van der Waals surface area contributed by atoms with Crippen molar-refractivity contribution >= 4 is 57.7 Å². The van der Waals surface area contributed by atoms with Gasteiger partial charge >= 0.3 is 16.2 Å². The van der Waals surface area contributed by atoms with E-state index in [1.165, 1.54) is 26.0 Å². The zero-order chi connectivity index (χ0) is 25.0. The Hall–Kier alpha value is -1.30. The molecule has 2 aliphatic rings. The highest BCUT2D eigenvalue weighted by Crippen LogP contribution is 2.34. The first-order chi connectivity index (χ1) is 16.0. The summed E-state index contributed by atoms with van der Waals surface area (Å²) in [7, 11) is -2.75. The molecule has 3 rings (SSSR count). The van der Waals surface area contributed by atoms with E-state index in [0.29, 0.717) is 29.7 Å². The Kier molecular flexibility index (Phi) is 10.9. The fourth-order valence-electron chi connectivity index (χ4n) is 3.99. The molecule has 1 amide bonds. The standard InChI is InChI=1S/C22H31Cl2N3O6S.ClH/c1-15(2)6-8-17-21(28)27(34(30,31)25(17)3)14-33-22(29)19-16(23)7-9-18(20(19)24)32-13-12-26-10-4-5-11-26;/h7,9,15,17H,4-6,8,10-14H2,1-3H3;1H. The van der Waals surface area contributed by atoms with Crippen LogP contribution in [0.25, 0.3) is 0 Å². The van der Waals surface area contributed by atoms with Gasteiger partial charge in [-0.1, -0.05) is 37.0 Å². The van der Waals surface area contributed by atoms with Crippen molar-refractivity contribution in [3.05, 3.63) is 27.7 Å². The summed E-state index contributed by atoms with van der Waals surface area (Å²) in [5, 5.41) is 0.00545. The van der Waals surface area contributed by atoms with Gasteiger partial charge in [-0.3, -0.25) is 9.69 Å². The second-order valence-electron chi connectivity index (χ2n) is 8.89. The molecule has 2 fully saturated rings. The third kappa shape index (κ3) is 6.93. The van der Waals surface area contributed by atoms with Crippen molar-refractivity contribution in [1.82, 2.24) is 13.5 Å². The summed E-state index contributed by atoms with van der Waals surface area (Å²) in [5.41, 5.74) is -0.143. The lowest BCUT2D eigenvalue weighted by Crippen LogP contribution is -2.35. The Morgan fingerprint density at radius 2 is 1.86 bits per heavy atom. The number of carbonyl (C=O) groups is 2. The molecule has 1 aromatic carbocycles. The maximum absolute atomic E-state index is 12.8. The predicted molar refractivity (Wildman–Crippen MR) is 137 cm³/mol. The predicted octanol–water partition coefficient (Wildman–Crippen LogP) is 3.83. The van der Waals surface area contributed by atoms with Crippen LogP contribution in [-0.4, -0.2) is 79.9 Å². The normalized spacial score (nSPS) is 20.3. The number of carbonyl (C=O) groups excluding carboxylic acids is 2. The number of nitrogens with zero attached hydrogens (tertiary/aromatic N) is 3. The Labute approximate surface area is 223 Å². The summed E-state index contributed by atoms with van der Waals surface area (Å²) in [6, 6.07) is 2.20. The van der Waals surface area contributed by atoms with Crippen molar-refractivity contribution in [2.75, 3.05) is 40.0 Å². The van der Waals surface area contributed by atoms with Gasteiger partial charge in [0.15, 0.2) is 6.73 Å². The number of esters is 1. The van der Waals surface area contributed by atoms with E-state index in [0.717, 1.165) is 23.9 Å². The Morgan fingerprint density at radius 1 is 1.20 bits per heavy atom. The van der Waals surface area contributed by atoms with Crippen LogP contribution in [0.4, 0.5) is 0 Å². The zero-order valence-corrected chi connectivity index (χ0v) is 23.2. The summed E-state index contributed by atoms with van der Waals surface area (Å²) in [6.07, 6.45) is 3.40. The zero-order valence-electron chi connectivity index (χ0n) is 20.0. The van der Waals surface area contributed by atoms with Crippen molar-refractivity contribution in [2.24, 2.45) is 5.92 Å². The van der Waals surface area contributed by atoms with Crippen LogP contribution in [-0.2, 0) is 19.7 Å². The summed E-state index contributed by atoms with van der Waals surface area (Å²) in [5.74, 6) is -0.996. The van der Waals surface area contributed by atoms with Crippen molar-refractivity contribution in [2.45, 2.75) is 45.6 Å². The molecule has 9 nitrogen and oxygen atoms in total. The van der Waals surface area contributed by atoms with Gasteiger partial charge in [-0.2, -0.15) is 17.0 Å². The number of rotatable bonds is 10. The van der Waals surface area contributed by atoms with Crippen LogP contribution >= 0.6 is 35.6 Å². The quantitative estimate of drug-likeness (QED) is 0.393. The number of amides is 1. The van der Waals surface area contributed by atoms with Gasteiger partial charge in [0.05, 0.1) is 10.0 Å². The molecular formula is C22H32Cl3N3O6S. The third-order valence-electron chi connectivity index (χ3n) is 6.07. The maximum atomic E-state index is 12.8. The molecule has 1 atom stereocenters.